The molecule has 4 heterocycles. The van der Waals surface area contributed by atoms with Crippen molar-refractivity contribution in [2.24, 2.45) is 14.1 Å². The van der Waals surface area contributed by atoms with Crippen LogP contribution < -0.4 is 16.6 Å². The number of aryl methyl sites for hydroxylation is 1. The summed E-state index contributed by atoms with van der Waals surface area (Å²) in [4.78, 5) is 50.0. The molecule has 1 N–H and O–H groups in total. The van der Waals surface area contributed by atoms with Gasteiger partial charge in [-0.15, -0.1) is 11.3 Å². The highest BCUT2D eigenvalue weighted by molar-refractivity contribution is 7.07. The van der Waals surface area contributed by atoms with Crippen LogP contribution in [0, 0.1) is 0 Å². The molecule has 0 fully saturated rings. The average molecular weight is 411 g/mol. The van der Waals surface area contributed by atoms with E-state index in [1.165, 1.54) is 40.9 Å². The Bertz CT molecular complexity index is 1320. The fourth-order valence-corrected chi connectivity index (χ4v) is 3.55. The zero-order chi connectivity index (χ0) is 20.7. The number of hydrogen-bond donors (Lipinski definition) is 1. The zero-order valence-corrected chi connectivity index (χ0v) is 16.7. The molecule has 0 bridgehead atoms. The number of nitrogens with zero attached hydrogens (tertiary/aromatic N) is 6. The van der Waals surface area contributed by atoms with E-state index in [0.717, 1.165) is 15.8 Å². The molecule has 0 radical (unpaired) electrons. The van der Waals surface area contributed by atoms with Crippen LogP contribution >= 0.6 is 11.3 Å². The van der Waals surface area contributed by atoms with Crippen LogP contribution in [0.15, 0.2) is 45.1 Å². The van der Waals surface area contributed by atoms with Crippen molar-refractivity contribution < 1.29 is 4.79 Å². The third-order valence-electron chi connectivity index (χ3n) is 4.71. The Hall–Kier alpha value is -3.60. The van der Waals surface area contributed by atoms with Gasteiger partial charge in [0, 0.05) is 31.2 Å². The second kappa shape index (κ2) is 7.09. The van der Waals surface area contributed by atoms with Gasteiger partial charge >= 0.3 is 5.69 Å². The normalized spacial score (nSPS) is 12.2. The molecule has 4 rings (SSSR count). The highest BCUT2D eigenvalue weighted by atomic mass is 32.1. The van der Waals surface area contributed by atoms with E-state index < -0.39 is 17.3 Å². The Morgan fingerprint density at radius 3 is 2.59 bits per heavy atom. The van der Waals surface area contributed by atoms with Crippen LogP contribution in [0.3, 0.4) is 0 Å². The molecule has 0 saturated carbocycles. The first-order valence-corrected chi connectivity index (χ1v) is 9.60. The lowest BCUT2D eigenvalue weighted by atomic mass is 10.2. The molecule has 1 atom stereocenters. The molecule has 0 aromatic carbocycles. The Balaban J connectivity index is 1.62. The molecule has 29 heavy (non-hydrogen) atoms. The summed E-state index contributed by atoms with van der Waals surface area (Å²) in [6.07, 6.45) is 3.02. The second-order valence-corrected chi connectivity index (χ2v) is 7.22. The summed E-state index contributed by atoms with van der Waals surface area (Å²) in [5.74, 6) is 0.0136. The maximum atomic E-state index is 12.7. The Morgan fingerprint density at radius 1 is 1.14 bits per heavy atom. The largest absolute Gasteiger partial charge is 0.332 e. The number of anilines is 1. The van der Waals surface area contributed by atoms with E-state index >= 15 is 0 Å². The van der Waals surface area contributed by atoms with Gasteiger partial charge in [0.1, 0.15) is 11.9 Å². The second-order valence-electron chi connectivity index (χ2n) is 6.50. The van der Waals surface area contributed by atoms with Crippen molar-refractivity contribution in [1.29, 1.82) is 0 Å². The van der Waals surface area contributed by atoms with Gasteiger partial charge in [-0.25, -0.2) is 19.7 Å². The van der Waals surface area contributed by atoms with E-state index in [0.29, 0.717) is 5.82 Å². The van der Waals surface area contributed by atoms with E-state index in [2.05, 4.69) is 20.3 Å². The van der Waals surface area contributed by atoms with Crippen molar-refractivity contribution in [3.63, 3.8) is 0 Å². The Kier molecular flexibility index (Phi) is 4.59. The average Bonchev–Trinajstić information content (AvgIpc) is 3.41. The molecule has 0 unspecified atom stereocenters. The van der Waals surface area contributed by atoms with Gasteiger partial charge in [0.25, 0.3) is 5.56 Å². The van der Waals surface area contributed by atoms with Crippen molar-refractivity contribution in [3.8, 4) is 11.3 Å². The monoisotopic (exact) mass is 411 g/mol. The topological polar surface area (TPSA) is 117 Å². The molecular formula is C18H17N7O3S. The lowest BCUT2D eigenvalue weighted by molar-refractivity contribution is -0.118. The summed E-state index contributed by atoms with van der Waals surface area (Å²) < 4.78 is 3.72. The van der Waals surface area contributed by atoms with Crippen LogP contribution in [-0.4, -0.2) is 34.6 Å². The molecular weight excluding hydrogens is 394 g/mol. The van der Waals surface area contributed by atoms with Gasteiger partial charge in [0.2, 0.25) is 5.91 Å². The van der Waals surface area contributed by atoms with Crippen LogP contribution in [0.25, 0.3) is 22.4 Å². The van der Waals surface area contributed by atoms with E-state index in [9.17, 15) is 14.4 Å². The fourth-order valence-electron chi connectivity index (χ4n) is 2.99. The quantitative estimate of drug-likeness (QED) is 0.538. The first-order chi connectivity index (χ1) is 13.9. The van der Waals surface area contributed by atoms with Gasteiger partial charge in [0.15, 0.2) is 11.2 Å². The van der Waals surface area contributed by atoms with Crippen molar-refractivity contribution in [1.82, 2.24) is 28.7 Å². The number of imidazole rings is 1. The van der Waals surface area contributed by atoms with Crippen molar-refractivity contribution in [3.05, 3.63) is 56.4 Å². The van der Waals surface area contributed by atoms with Gasteiger partial charge in [-0.3, -0.25) is 18.7 Å². The van der Waals surface area contributed by atoms with E-state index in [-0.39, 0.29) is 17.1 Å². The van der Waals surface area contributed by atoms with Crippen molar-refractivity contribution >= 4 is 34.2 Å². The lowest BCUT2D eigenvalue weighted by Crippen LogP contribution is -2.38. The molecule has 148 valence electrons. The molecule has 4 aromatic heterocycles. The number of fused-ring (bicyclic) bond motifs is 1. The molecule has 0 saturated heterocycles. The van der Waals surface area contributed by atoms with Crippen LogP contribution in [0.5, 0.6) is 0 Å². The minimum Gasteiger partial charge on any atom is -0.312 e. The van der Waals surface area contributed by atoms with Crippen LogP contribution in [0.2, 0.25) is 0 Å². The molecule has 4 aromatic rings. The smallest absolute Gasteiger partial charge is 0.312 e. The maximum absolute atomic E-state index is 12.7. The number of thiazole rings is 1. The van der Waals surface area contributed by atoms with Crippen LogP contribution in [-0.2, 0) is 18.9 Å². The van der Waals surface area contributed by atoms with Crippen LogP contribution in [0.1, 0.15) is 13.0 Å². The first kappa shape index (κ1) is 18.7. The summed E-state index contributed by atoms with van der Waals surface area (Å²) in [6.45, 7) is 1.64. The Morgan fingerprint density at radius 2 is 1.93 bits per heavy atom. The summed E-state index contributed by atoms with van der Waals surface area (Å²) in [5, 5.41) is 4.65. The molecule has 0 aliphatic rings. The van der Waals surface area contributed by atoms with Gasteiger partial charge < -0.3 is 9.88 Å². The number of hydrogen-bond acceptors (Lipinski definition) is 7. The standard InChI is InChI=1S/C18H17N7O3S/c1-10(25-8-20-15-14(25)17(27)24(3)18(28)23(15)2)16(26)22-13-5-4-11(6-19-13)12-7-29-9-21-12/h4-10H,1-3H3,(H,19,22,26)/t10-/m0/s1. The van der Waals surface area contributed by atoms with Gasteiger partial charge in [-0.05, 0) is 19.1 Å². The van der Waals surface area contributed by atoms with Gasteiger partial charge in [-0.1, -0.05) is 0 Å². The molecule has 10 nitrogen and oxygen atoms in total. The summed E-state index contributed by atoms with van der Waals surface area (Å²) in [5.41, 5.74) is 2.83. The molecule has 1 amide bonds. The number of amides is 1. The number of nitrogens with one attached hydrogen (secondary N) is 1. The van der Waals surface area contributed by atoms with E-state index in [1.807, 2.05) is 11.4 Å². The van der Waals surface area contributed by atoms with Crippen LogP contribution in [0.4, 0.5) is 5.82 Å². The predicted molar refractivity (Wildman–Crippen MR) is 109 cm³/mol. The number of carbonyl (C=O) groups is 1. The zero-order valence-electron chi connectivity index (χ0n) is 15.9. The third-order valence-corrected chi connectivity index (χ3v) is 5.30. The minimum atomic E-state index is -0.745. The Labute approximate surface area is 168 Å². The highest BCUT2D eigenvalue weighted by Crippen LogP contribution is 2.20. The fraction of sp³-hybridized carbons (Fsp3) is 0.222. The molecule has 0 aliphatic heterocycles. The lowest BCUT2D eigenvalue weighted by Gasteiger charge is -2.14. The van der Waals surface area contributed by atoms with Crippen molar-refractivity contribution in [2.75, 3.05) is 5.32 Å². The number of pyridine rings is 1. The SMILES string of the molecule is C[C@@H](C(=O)Nc1ccc(-c2cscn2)cn1)n1cnc2c1c(=O)n(C)c(=O)n2C. The highest BCUT2D eigenvalue weighted by Gasteiger charge is 2.22. The predicted octanol–water partition coefficient (Wildman–Crippen LogP) is 1.15. The summed E-state index contributed by atoms with van der Waals surface area (Å²) >= 11 is 1.49. The first-order valence-electron chi connectivity index (χ1n) is 8.66. The van der Waals surface area contributed by atoms with Crippen molar-refractivity contribution in [2.45, 2.75) is 13.0 Å². The van der Waals surface area contributed by atoms with Gasteiger partial charge in [-0.2, -0.15) is 0 Å². The minimum absolute atomic E-state index is 0.184. The summed E-state index contributed by atoms with van der Waals surface area (Å²) in [6, 6.07) is 2.76. The number of rotatable bonds is 4. The van der Waals surface area contributed by atoms with E-state index in [1.54, 1.807) is 24.7 Å². The van der Waals surface area contributed by atoms with E-state index in [4.69, 9.17) is 0 Å². The van der Waals surface area contributed by atoms with Gasteiger partial charge in [0.05, 0.1) is 17.5 Å². The number of carbonyl (C=O) groups excluding carboxylic acids is 1. The summed E-state index contributed by atoms with van der Waals surface area (Å²) in [7, 11) is 2.92. The molecule has 11 heteroatoms. The molecule has 0 aliphatic carbocycles. The maximum Gasteiger partial charge on any atom is 0.332 e. The number of aromatic nitrogens is 6. The molecule has 0 spiro atoms. The third kappa shape index (κ3) is 3.14.